The van der Waals surface area contributed by atoms with Gasteiger partial charge in [0, 0.05) is 11.7 Å². The molecule has 2 atom stereocenters. The first kappa shape index (κ1) is 27.0. The van der Waals surface area contributed by atoms with Crippen LogP contribution in [0.1, 0.15) is 18.4 Å². The van der Waals surface area contributed by atoms with Gasteiger partial charge in [-0.2, -0.15) is 5.26 Å². The summed E-state index contributed by atoms with van der Waals surface area (Å²) in [5.41, 5.74) is 0.592. The van der Waals surface area contributed by atoms with Crippen molar-refractivity contribution in [3.8, 4) is 17.6 Å². The van der Waals surface area contributed by atoms with Crippen molar-refractivity contribution in [1.82, 2.24) is 5.32 Å². The van der Waals surface area contributed by atoms with Crippen molar-refractivity contribution < 1.29 is 23.8 Å². The van der Waals surface area contributed by atoms with Crippen LogP contribution in [-0.2, 0) is 14.3 Å². The van der Waals surface area contributed by atoms with Crippen LogP contribution in [0, 0.1) is 17.2 Å². The number of halogens is 3. The first-order valence-corrected chi connectivity index (χ1v) is 12.6. The number of nitrogens with zero attached hydrogens (tertiary/aromatic N) is 1. The lowest BCUT2D eigenvalue weighted by Crippen LogP contribution is -2.44. The maximum Gasteiger partial charge on any atom is 0.319 e. The van der Waals surface area contributed by atoms with Crippen molar-refractivity contribution in [2.24, 2.45) is 5.92 Å². The van der Waals surface area contributed by atoms with E-state index in [0.717, 1.165) is 0 Å². The minimum atomic E-state index is -1.30. The fourth-order valence-corrected chi connectivity index (χ4v) is 5.25. The van der Waals surface area contributed by atoms with Gasteiger partial charge in [0.25, 0.3) is 0 Å². The third kappa shape index (κ3) is 6.17. The molecule has 1 amide bonds. The zero-order valence-corrected chi connectivity index (χ0v) is 21.9. The summed E-state index contributed by atoms with van der Waals surface area (Å²) in [6.45, 7) is 2.39. The Kier molecular flexibility index (Phi) is 9.58. The number of rotatable bonds is 9. The zero-order valence-electron chi connectivity index (χ0n) is 18.8. The van der Waals surface area contributed by atoms with Crippen LogP contribution in [0.4, 0.5) is 0 Å². The van der Waals surface area contributed by atoms with E-state index in [0.29, 0.717) is 33.7 Å². The molecule has 7 nitrogen and oxygen atoms in total. The second kappa shape index (κ2) is 12.4. The first-order valence-electron chi connectivity index (χ1n) is 10.5. The molecule has 35 heavy (non-hydrogen) atoms. The monoisotopic (exact) mass is 554 g/mol. The number of nitrogens with one attached hydrogen (secondary N) is 1. The number of para-hydroxylation sites is 1. The van der Waals surface area contributed by atoms with Crippen molar-refractivity contribution in [2.45, 2.75) is 12.8 Å². The minimum absolute atomic E-state index is 0.180. The smallest absolute Gasteiger partial charge is 0.319 e. The molecule has 184 valence electrons. The Labute approximate surface area is 222 Å². The van der Waals surface area contributed by atoms with Gasteiger partial charge in [0.15, 0.2) is 5.75 Å². The fourth-order valence-electron chi connectivity index (χ4n) is 3.58. The van der Waals surface area contributed by atoms with Gasteiger partial charge >= 0.3 is 5.97 Å². The van der Waals surface area contributed by atoms with Crippen LogP contribution in [0.25, 0.3) is 0 Å². The van der Waals surface area contributed by atoms with Crippen LogP contribution in [0.3, 0.4) is 0 Å². The van der Waals surface area contributed by atoms with Gasteiger partial charge in [0.2, 0.25) is 5.91 Å². The maximum atomic E-state index is 13.0. The molecule has 2 aromatic carbocycles. The lowest BCUT2D eigenvalue weighted by molar-refractivity contribution is -0.150. The lowest BCUT2D eigenvalue weighted by atomic mass is 9.78. The Morgan fingerprint density at radius 1 is 1.14 bits per heavy atom. The van der Waals surface area contributed by atoms with Crippen molar-refractivity contribution in [1.29, 1.82) is 5.26 Å². The van der Waals surface area contributed by atoms with Gasteiger partial charge in [-0.1, -0.05) is 46.9 Å². The molecular weight excluding hydrogens is 535 g/mol. The molecule has 1 aliphatic rings. The fraction of sp³-hybridized carbons (Fsp3) is 0.292. The highest BCUT2D eigenvalue weighted by Gasteiger charge is 2.44. The second-order valence-corrected chi connectivity index (χ2v) is 9.52. The Bertz CT molecular complexity index is 1170. The Balaban J connectivity index is 1.94. The van der Waals surface area contributed by atoms with E-state index in [2.05, 4.69) is 11.4 Å². The molecular formula is C24H21Cl3N2O5S. The molecule has 0 saturated carbocycles. The number of hydrogen-bond donors (Lipinski definition) is 1. The van der Waals surface area contributed by atoms with E-state index in [1.807, 2.05) is 0 Å². The summed E-state index contributed by atoms with van der Waals surface area (Å²) in [7, 11) is 1.18. The SMILES string of the molecule is CCOc1c(Cl)cc([C@H]2C(C#N)=C(SCCOc3ccccc3Cl)NC(=O)[C@H]2C(=O)OC)cc1Cl. The van der Waals surface area contributed by atoms with Gasteiger partial charge in [-0.05, 0) is 36.8 Å². The molecule has 0 fully saturated rings. The van der Waals surface area contributed by atoms with Crippen LogP contribution in [0.2, 0.25) is 15.1 Å². The summed E-state index contributed by atoms with van der Waals surface area (Å²) >= 11 is 20.1. The highest BCUT2D eigenvalue weighted by Crippen LogP contribution is 2.44. The largest absolute Gasteiger partial charge is 0.491 e. The van der Waals surface area contributed by atoms with E-state index < -0.39 is 23.7 Å². The molecule has 0 radical (unpaired) electrons. The van der Waals surface area contributed by atoms with Crippen LogP contribution >= 0.6 is 46.6 Å². The minimum Gasteiger partial charge on any atom is -0.491 e. The predicted octanol–water partition coefficient (Wildman–Crippen LogP) is 5.60. The van der Waals surface area contributed by atoms with Crippen molar-refractivity contribution >= 4 is 58.4 Å². The van der Waals surface area contributed by atoms with Gasteiger partial charge in [-0.25, -0.2) is 0 Å². The Morgan fingerprint density at radius 3 is 2.43 bits per heavy atom. The zero-order chi connectivity index (χ0) is 25.5. The molecule has 0 aromatic heterocycles. The molecule has 1 heterocycles. The first-order chi connectivity index (χ1) is 16.8. The van der Waals surface area contributed by atoms with E-state index >= 15 is 0 Å². The van der Waals surface area contributed by atoms with Crippen molar-refractivity contribution in [3.05, 3.63) is 67.6 Å². The molecule has 0 unspecified atom stereocenters. The number of ether oxygens (including phenoxy) is 3. The molecule has 1 aliphatic heterocycles. The quantitative estimate of drug-likeness (QED) is 0.244. The molecule has 0 aliphatic carbocycles. The number of carbonyl (C=O) groups is 2. The van der Waals surface area contributed by atoms with E-state index in [9.17, 15) is 14.9 Å². The number of allylic oxidation sites excluding steroid dienone is 1. The average molecular weight is 556 g/mol. The normalized spacial score (nSPS) is 17.4. The number of thioether (sulfide) groups is 1. The average Bonchev–Trinajstić information content (AvgIpc) is 2.84. The standard InChI is InChI=1S/C24H21Cl3N2O5S/c1-3-33-21-16(26)10-13(11-17(21)27)19-14(12-28)23(29-22(30)20(19)24(31)32-2)35-9-8-34-18-7-5-4-6-15(18)25/h4-7,10-11,19-20H,3,8-9H2,1-2H3,(H,29,30)/t19-,20-/m0/s1. The number of carbonyl (C=O) groups excluding carboxylic acids is 2. The number of benzene rings is 2. The third-order valence-corrected chi connectivity index (χ3v) is 6.93. The summed E-state index contributed by atoms with van der Waals surface area (Å²) in [5, 5.41) is 13.9. The molecule has 1 N–H and O–H groups in total. The second-order valence-electron chi connectivity index (χ2n) is 7.20. The van der Waals surface area contributed by atoms with Gasteiger partial charge in [0.05, 0.1) is 52.1 Å². The Morgan fingerprint density at radius 2 is 1.83 bits per heavy atom. The highest BCUT2D eigenvalue weighted by molar-refractivity contribution is 8.03. The van der Waals surface area contributed by atoms with Gasteiger partial charge in [0.1, 0.15) is 11.7 Å². The highest BCUT2D eigenvalue weighted by atomic mass is 35.5. The maximum absolute atomic E-state index is 13.0. The predicted molar refractivity (Wildman–Crippen MR) is 136 cm³/mol. The topological polar surface area (TPSA) is 97.6 Å². The van der Waals surface area contributed by atoms with E-state index in [-0.39, 0.29) is 28.0 Å². The van der Waals surface area contributed by atoms with Gasteiger partial charge < -0.3 is 19.5 Å². The number of amides is 1. The number of esters is 1. The number of nitriles is 1. The van der Waals surface area contributed by atoms with Crippen LogP contribution in [-0.4, -0.2) is 38.0 Å². The van der Waals surface area contributed by atoms with Gasteiger partial charge in [-0.3, -0.25) is 9.59 Å². The summed E-state index contributed by atoms with van der Waals surface area (Å²) < 4.78 is 16.0. The van der Waals surface area contributed by atoms with Crippen LogP contribution in [0.15, 0.2) is 47.0 Å². The molecule has 3 rings (SSSR count). The van der Waals surface area contributed by atoms with E-state index in [1.165, 1.54) is 31.0 Å². The summed E-state index contributed by atoms with van der Waals surface area (Å²) in [6, 6.07) is 12.3. The third-order valence-electron chi connectivity index (χ3n) is 5.08. The molecule has 0 spiro atoms. The molecule has 0 saturated heterocycles. The van der Waals surface area contributed by atoms with Gasteiger partial charge in [-0.15, -0.1) is 11.8 Å². The van der Waals surface area contributed by atoms with Crippen LogP contribution < -0.4 is 14.8 Å². The van der Waals surface area contributed by atoms with Crippen molar-refractivity contribution in [2.75, 3.05) is 26.1 Å². The number of hydrogen-bond acceptors (Lipinski definition) is 7. The molecule has 11 heteroatoms. The van der Waals surface area contributed by atoms with Crippen LogP contribution in [0.5, 0.6) is 11.5 Å². The number of methoxy groups -OCH3 is 1. The Hall–Kier alpha value is -2.57. The summed E-state index contributed by atoms with van der Waals surface area (Å²) in [6.07, 6.45) is 0. The van der Waals surface area contributed by atoms with E-state index in [4.69, 9.17) is 49.0 Å². The molecule has 2 aromatic rings. The lowest BCUT2D eigenvalue weighted by Gasteiger charge is -2.31. The van der Waals surface area contributed by atoms with Crippen molar-refractivity contribution in [3.63, 3.8) is 0 Å². The summed E-state index contributed by atoms with van der Waals surface area (Å²) in [4.78, 5) is 25.6. The van der Waals surface area contributed by atoms with E-state index in [1.54, 1.807) is 31.2 Å². The molecule has 0 bridgehead atoms. The summed E-state index contributed by atoms with van der Waals surface area (Å²) in [5.74, 6) is -2.44.